The molecule has 4 rings (SSSR count). The van der Waals surface area contributed by atoms with Gasteiger partial charge in [-0.1, -0.05) is 58.5 Å². The van der Waals surface area contributed by atoms with E-state index in [9.17, 15) is 0 Å². The van der Waals surface area contributed by atoms with Crippen molar-refractivity contribution >= 4 is 46.4 Å². The van der Waals surface area contributed by atoms with Gasteiger partial charge in [0.2, 0.25) is 0 Å². The first-order valence-electron chi connectivity index (χ1n) is 10.1. The van der Waals surface area contributed by atoms with E-state index in [1.165, 1.54) is 0 Å². The minimum Gasteiger partial charge on any atom is -0.348 e. The predicted octanol–water partition coefficient (Wildman–Crippen LogP) is 7.39. The molecular formula is C23H22Cl4N2O2. The Labute approximate surface area is 202 Å². The largest absolute Gasteiger partial charge is 0.348 e. The average Bonchev–Trinajstić information content (AvgIpc) is 3.23. The van der Waals surface area contributed by atoms with Gasteiger partial charge in [-0.2, -0.15) is 0 Å². The molecule has 1 unspecified atom stereocenters. The van der Waals surface area contributed by atoms with Crippen molar-refractivity contribution in [3.05, 3.63) is 86.3 Å². The summed E-state index contributed by atoms with van der Waals surface area (Å²) < 4.78 is 14.8. The van der Waals surface area contributed by atoms with E-state index in [0.29, 0.717) is 26.5 Å². The van der Waals surface area contributed by atoms with Crippen molar-refractivity contribution in [1.29, 1.82) is 0 Å². The minimum atomic E-state index is -0.390. The first-order valence-corrected chi connectivity index (χ1v) is 11.7. The van der Waals surface area contributed by atoms with Crippen LogP contribution in [0, 0.1) is 0 Å². The summed E-state index contributed by atoms with van der Waals surface area (Å²) in [5.41, 5.74) is 1.63. The molecule has 2 aromatic carbocycles. The van der Waals surface area contributed by atoms with Crippen molar-refractivity contribution in [2.24, 2.45) is 0 Å². The Morgan fingerprint density at radius 3 is 2.58 bits per heavy atom. The van der Waals surface area contributed by atoms with Gasteiger partial charge in [-0.3, -0.25) is 0 Å². The lowest BCUT2D eigenvalue weighted by atomic mass is 10.0. The Balaban J connectivity index is 1.55. The van der Waals surface area contributed by atoms with Gasteiger partial charge in [-0.15, -0.1) is 0 Å². The standard InChI is InChI=1S/C23H22Cl4N2O2/c24-15-7-8-17(21(27)11-15)22(12-18-19(25)4-2-5-20(18)26)31-23-6-1-3-16(30-23)13-29-10-9-28-14-29/h2,4-5,7-11,14,16,22-23H,1,3,6,12-13H2/t16-,22?,23+/m1/s1. The molecule has 3 aromatic rings. The average molecular weight is 500 g/mol. The predicted molar refractivity (Wildman–Crippen MR) is 125 cm³/mol. The van der Waals surface area contributed by atoms with Crippen molar-refractivity contribution in [3.63, 3.8) is 0 Å². The Hall–Kier alpha value is -1.27. The third-order valence-corrected chi connectivity index (χ3v) is 6.63. The van der Waals surface area contributed by atoms with E-state index in [4.69, 9.17) is 55.9 Å². The van der Waals surface area contributed by atoms with Crippen LogP contribution >= 0.6 is 46.4 Å². The van der Waals surface area contributed by atoms with Crippen LogP contribution in [0.25, 0.3) is 0 Å². The molecule has 1 aliphatic rings. The third-order valence-electron chi connectivity index (χ3n) is 5.36. The number of halogens is 4. The molecule has 0 radical (unpaired) electrons. The summed E-state index contributed by atoms with van der Waals surface area (Å²) in [6, 6.07) is 10.9. The van der Waals surface area contributed by atoms with Crippen LogP contribution in [0.15, 0.2) is 55.1 Å². The summed E-state index contributed by atoms with van der Waals surface area (Å²) in [6.07, 6.45) is 8.05. The zero-order valence-corrected chi connectivity index (χ0v) is 19.7. The van der Waals surface area contributed by atoms with Gasteiger partial charge in [0.15, 0.2) is 6.29 Å². The van der Waals surface area contributed by atoms with Gasteiger partial charge in [-0.25, -0.2) is 4.98 Å². The van der Waals surface area contributed by atoms with E-state index in [0.717, 1.165) is 36.9 Å². The van der Waals surface area contributed by atoms with Crippen LogP contribution in [-0.2, 0) is 22.4 Å². The summed E-state index contributed by atoms with van der Waals surface area (Å²) in [7, 11) is 0. The third kappa shape index (κ3) is 5.95. The smallest absolute Gasteiger partial charge is 0.158 e. The van der Waals surface area contributed by atoms with Crippen LogP contribution in [0.5, 0.6) is 0 Å². The highest BCUT2D eigenvalue weighted by Crippen LogP contribution is 2.37. The van der Waals surface area contributed by atoms with E-state index >= 15 is 0 Å². The van der Waals surface area contributed by atoms with Crippen molar-refractivity contribution in [2.45, 2.75) is 50.7 Å². The molecular weight excluding hydrogens is 478 g/mol. The first-order chi connectivity index (χ1) is 15.0. The topological polar surface area (TPSA) is 36.3 Å². The summed E-state index contributed by atoms with van der Waals surface area (Å²) >= 11 is 25.5. The SMILES string of the molecule is Clc1ccc(C(Cc2c(Cl)cccc2Cl)O[C@H]2CCC[C@H](Cn3ccnc3)O2)c(Cl)c1. The molecule has 4 nitrogen and oxygen atoms in total. The lowest BCUT2D eigenvalue weighted by Gasteiger charge is -2.33. The summed E-state index contributed by atoms with van der Waals surface area (Å²) in [5.74, 6) is 0. The number of imidazole rings is 1. The normalized spacial score (nSPS) is 20.0. The maximum atomic E-state index is 6.53. The van der Waals surface area contributed by atoms with E-state index in [1.54, 1.807) is 24.7 Å². The van der Waals surface area contributed by atoms with Gasteiger partial charge < -0.3 is 14.0 Å². The zero-order chi connectivity index (χ0) is 21.8. The minimum absolute atomic E-state index is 0.0539. The number of rotatable bonds is 7. The number of ether oxygens (including phenoxy) is 2. The molecule has 8 heteroatoms. The number of nitrogens with zero attached hydrogens (tertiary/aromatic N) is 2. The first kappa shape index (κ1) is 22.9. The molecule has 1 saturated heterocycles. The van der Waals surface area contributed by atoms with Crippen molar-refractivity contribution in [2.75, 3.05) is 0 Å². The second-order valence-electron chi connectivity index (χ2n) is 7.57. The fourth-order valence-corrected chi connectivity index (χ4v) is 4.90. The summed E-state index contributed by atoms with van der Waals surface area (Å²) in [4.78, 5) is 4.10. The molecule has 0 aliphatic carbocycles. The van der Waals surface area contributed by atoms with Gasteiger partial charge in [0.05, 0.1) is 18.5 Å². The monoisotopic (exact) mass is 498 g/mol. The Morgan fingerprint density at radius 1 is 1.06 bits per heavy atom. The van der Waals surface area contributed by atoms with Crippen LogP contribution in [0.1, 0.15) is 36.5 Å². The molecule has 0 spiro atoms. The maximum absolute atomic E-state index is 6.53. The second-order valence-corrected chi connectivity index (χ2v) is 9.23. The Kier molecular flexibility index (Phi) is 7.81. The Bertz CT molecular complexity index is 993. The van der Waals surface area contributed by atoms with E-state index in [-0.39, 0.29) is 18.5 Å². The number of hydrogen-bond acceptors (Lipinski definition) is 3. The summed E-state index contributed by atoms with van der Waals surface area (Å²) in [5, 5.41) is 2.28. The van der Waals surface area contributed by atoms with Gasteiger partial charge in [-0.05, 0) is 54.7 Å². The van der Waals surface area contributed by atoms with E-state index in [1.807, 2.05) is 35.0 Å². The highest BCUT2D eigenvalue weighted by molar-refractivity contribution is 6.36. The second kappa shape index (κ2) is 10.6. The molecule has 1 aromatic heterocycles. The van der Waals surface area contributed by atoms with E-state index < -0.39 is 0 Å². The summed E-state index contributed by atoms with van der Waals surface area (Å²) in [6.45, 7) is 0.739. The molecule has 164 valence electrons. The molecule has 0 saturated carbocycles. The van der Waals surface area contributed by atoms with Crippen molar-refractivity contribution in [3.8, 4) is 0 Å². The molecule has 1 fully saturated rings. The van der Waals surface area contributed by atoms with Crippen LogP contribution in [0.4, 0.5) is 0 Å². The number of benzene rings is 2. The molecule has 0 amide bonds. The molecule has 3 atom stereocenters. The molecule has 0 bridgehead atoms. The maximum Gasteiger partial charge on any atom is 0.158 e. The van der Waals surface area contributed by atoms with Crippen LogP contribution in [0.3, 0.4) is 0 Å². The van der Waals surface area contributed by atoms with Crippen molar-refractivity contribution < 1.29 is 9.47 Å². The van der Waals surface area contributed by atoms with Gasteiger partial charge in [0.1, 0.15) is 0 Å². The van der Waals surface area contributed by atoms with Crippen molar-refractivity contribution in [1.82, 2.24) is 9.55 Å². The van der Waals surface area contributed by atoms with Crippen LogP contribution in [0.2, 0.25) is 20.1 Å². The zero-order valence-electron chi connectivity index (χ0n) is 16.7. The highest BCUT2D eigenvalue weighted by Gasteiger charge is 2.28. The highest BCUT2D eigenvalue weighted by atomic mass is 35.5. The van der Waals surface area contributed by atoms with Gasteiger partial charge in [0.25, 0.3) is 0 Å². The van der Waals surface area contributed by atoms with Gasteiger partial charge in [0, 0.05) is 45.4 Å². The molecule has 1 aliphatic heterocycles. The number of hydrogen-bond donors (Lipinski definition) is 0. The fraction of sp³-hybridized carbons (Fsp3) is 0.348. The lowest BCUT2D eigenvalue weighted by Crippen LogP contribution is -2.33. The molecule has 0 N–H and O–H groups in total. The number of aromatic nitrogens is 2. The van der Waals surface area contributed by atoms with E-state index in [2.05, 4.69) is 4.98 Å². The van der Waals surface area contributed by atoms with Crippen LogP contribution in [-0.4, -0.2) is 21.9 Å². The molecule has 31 heavy (non-hydrogen) atoms. The Morgan fingerprint density at radius 2 is 1.87 bits per heavy atom. The lowest BCUT2D eigenvalue weighted by molar-refractivity contribution is -0.218. The fourth-order valence-electron chi connectivity index (χ4n) is 3.82. The van der Waals surface area contributed by atoms with Gasteiger partial charge >= 0.3 is 0 Å². The quantitative estimate of drug-likeness (QED) is 0.340. The molecule has 2 heterocycles. The van der Waals surface area contributed by atoms with Crippen LogP contribution < -0.4 is 0 Å².